The number of esters is 2. The van der Waals surface area contributed by atoms with Crippen LogP contribution in [0.1, 0.15) is 13.8 Å². The fourth-order valence-corrected chi connectivity index (χ4v) is 1.69. The van der Waals surface area contributed by atoms with E-state index in [0.717, 1.165) is 0 Å². The van der Waals surface area contributed by atoms with Crippen molar-refractivity contribution in [3.05, 3.63) is 12.3 Å². The van der Waals surface area contributed by atoms with Crippen LogP contribution in [0, 0.1) is 5.92 Å². The highest BCUT2D eigenvalue weighted by molar-refractivity contribution is 7.98. The Bertz CT molecular complexity index is 504. The topological polar surface area (TPSA) is 90.7 Å². The molecule has 0 bridgehead atoms. The van der Waals surface area contributed by atoms with E-state index in [0.29, 0.717) is 11.0 Å². The Morgan fingerprint density at radius 2 is 1.95 bits per heavy atom. The molecule has 21 heavy (non-hydrogen) atoms. The minimum Gasteiger partial charge on any atom is -0.465 e. The zero-order chi connectivity index (χ0) is 15.7. The minimum absolute atomic E-state index is 0.173. The molecule has 0 saturated heterocycles. The van der Waals surface area contributed by atoms with Crippen LogP contribution in [-0.2, 0) is 19.1 Å². The molecule has 0 fully saturated rings. The van der Waals surface area contributed by atoms with Gasteiger partial charge in [-0.3, -0.25) is 9.59 Å². The van der Waals surface area contributed by atoms with Crippen LogP contribution in [0.5, 0.6) is 0 Å². The Morgan fingerprint density at radius 1 is 1.33 bits per heavy atom. The van der Waals surface area contributed by atoms with E-state index in [9.17, 15) is 9.59 Å². The van der Waals surface area contributed by atoms with Crippen LogP contribution in [-0.4, -0.2) is 47.6 Å². The normalized spacial score (nSPS) is 10.9. The summed E-state index contributed by atoms with van der Waals surface area (Å²) in [6.45, 7) is 3.66. The molecule has 114 valence electrons. The summed E-state index contributed by atoms with van der Waals surface area (Å²) in [5.41, 5.74) is 0. The summed E-state index contributed by atoms with van der Waals surface area (Å²) < 4.78 is 9.67. The molecule has 0 aliphatic heterocycles. The predicted molar refractivity (Wildman–Crippen MR) is 78.7 cm³/mol. The van der Waals surface area contributed by atoms with E-state index in [4.69, 9.17) is 9.47 Å². The highest BCUT2D eigenvalue weighted by Crippen LogP contribution is 2.13. The van der Waals surface area contributed by atoms with E-state index in [-0.39, 0.29) is 13.2 Å². The highest BCUT2D eigenvalue weighted by Gasteiger charge is 2.27. The molecule has 0 radical (unpaired) electrons. The van der Waals surface area contributed by atoms with Gasteiger partial charge in [0.05, 0.1) is 13.2 Å². The second kappa shape index (κ2) is 9.06. The van der Waals surface area contributed by atoms with Crippen LogP contribution in [0.2, 0.25) is 0 Å². The van der Waals surface area contributed by atoms with Crippen molar-refractivity contribution < 1.29 is 19.1 Å². The van der Waals surface area contributed by atoms with Crippen molar-refractivity contribution >= 4 is 35.7 Å². The number of aliphatic imine (C=N–C) groups is 1. The SMILES string of the molecule is CCOC(=O)C(C=Nc1ccnc(SC)n1)C(=O)OCC. The van der Waals surface area contributed by atoms with Gasteiger partial charge in [-0.25, -0.2) is 15.0 Å². The lowest BCUT2D eigenvalue weighted by molar-refractivity contribution is -0.157. The Balaban J connectivity index is 2.90. The van der Waals surface area contributed by atoms with Crippen LogP contribution in [0.15, 0.2) is 22.4 Å². The van der Waals surface area contributed by atoms with E-state index < -0.39 is 17.9 Å². The number of nitrogens with zero attached hydrogens (tertiary/aromatic N) is 3. The fraction of sp³-hybridized carbons (Fsp3) is 0.462. The van der Waals surface area contributed by atoms with Gasteiger partial charge in [0.25, 0.3) is 0 Å². The van der Waals surface area contributed by atoms with Gasteiger partial charge < -0.3 is 9.47 Å². The van der Waals surface area contributed by atoms with Crippen molar-refractivity contribution in [2.24, 2.45) is 10.9 Å². The predicted octanol–water partition coefficient (Wildman–Crippen LogP) is 1.64. The van der Waals surface area contributed by atoms with Crippen molar-refractivity contribution in [2.45, 2.75) is 19.0 Å². The largest absolute Gasteiger partial charge is 0.465 e. The second-order valence-corrected chi connectivity index (χ2v) is 4.43. The molecule has 0 aliphatic rings. The second-order valence-electron chi connectivity index (χ2n) is 3.66. The van der Waals surface area contributed by atoms with Crippen molar-refractivity contribution in [1.82, 2.24) is 9.97 Å². The van der Waals surface area contributed by atoms with E-state index in [1.54, 1.807) is 26.1 Å². The van der Waals surface area contributed by atoms with Gasteiger partial charge in [0.15, 0.2) is 16.9 Å². The monoisotopic (exact) mass is 311 g/mol. The molecule has 1 rings (SSSR count). The standard InChI is InChI=1S/C13H17N3O4S/c1-4-19-11(17)9(12(18)20-5-2)8-15-10-6-7-14-13(16-10)21-3/h6-9H,4-5H2,1-3H3. The lowest BCUT2D eigenvalue weighted by atomic mass is 10.2. The number of hydrogen-bond donors (Lipinski definition) is 0. The van der Waals surface area contributed by atoms with Gasteiger partial charge in [0, 0.05) is 18.5 Å². The van der Waals surface area contributed by atoms with Crippen LogP contribution in [0.25, 0.3) is 0 Å². The smallest absolute Gasteiger partial charge is 0.325 e. The molecule has 0 atom stereocenters. The van der Waals surface area contributed by atoms with Gasteiger partial charge in [-0.15, -0.1) is 0 Å². The lowest BCUT2D eigenvalue weighted by Gasteiger charge is -2.09. The Labute approximate surface area is 127 Å². The number of rotatable bonds is 7. The van der Waals surface area contributed by atoms with Gasteiger partial charge in [-0.05, 0) is 20.1 Å². The molecule has 1 aromatic heterocycles. The van der Waals surface area contributed by atoms with Gasteiger partial charge in [-0.2, -0.15) is 0 Å². The minimum atomic E-state index is -1.20. The molecule has 0 saturated carbocycles. The summed E-state index contributed by atoms with van der Waals surface area (Å²) in [7, 11) is 0. The average Bonchev–Trinajstić information content (AvgIpc) is 2.48. The van der Waals surface area contributed by atoms with Crippen molar-refractivity contribution in [2.75, 3.05) is 19.5 Å². The van der Waals surface area contributed by atoms with E-state index >= 15 is 0 Å². The number of carbonyl (C=O) groups is 2. The summed E-state index contributed by atoms with van der Waals surface area (Å²) in [5.74, 6) is -2.23. The summed E-state index contributed by atoms with van der Waals surface area (Å²) in [5, 5.41) is 0.550. The molecule has 0 amide bonds. The van der Waals surface area contributed by atoms with Crippen molar-refractivity contribution in [1.29, 1.82) is 0 Å². The average molecular weight is 311 g/mol. The molecule has 8 heteroatoms. The molecule has 1 aromatic rings. The maximum absolute atomic E-state index is 11.8. The zero-order valence-corrected chi connectivity index (χ0v) is 12.9. The third-order valence-electron chi connectivity index (χ3n) is 2.24. The maximum atomic E-state index is 11.8. The Morgan fingerprint density at radius 3 is 2.48 bits per heavy atom. The molecule has 0 aliphatic carbocycles. The molecule has 7 nitrogen and oxygen atoms in total. The first-order valence-electron chi connectivity index (χ1n) is 6.36. The molecular formula is C13H17N3O4S. The molecular weight excluding hydrogens is 294 g/mol. The summed E-state index contributed by atoms with van der Waals surface area (Å²) in [6, 6.07) is 1.57. The van der Waals surface area contributed by atoms with Crippen LogP contribution < -0.4 is 0 Å². The summed E-state index contributed by atoms with van der Waals surface area (Å²) in [4.78, 5) is 35.7. The summed E-state index contributed by atoms with van der Waals surface area (Å²) >= 11 is 1.37. The van der Waals surface area contributed by atoms with Crippen LogP contribution in [0.4, 0.5) is 5.82 Å². The molecule has 0 aromatic carbocycles. The molecule has 0 spiro atoms. The quantitative estimate of drug-likeness (QED) is 0.248. The Hall–Kier alpha value is -1.96. The fourth-order valence-electron chi connectivity index (χ4n) is 1.33. The highest BCUT2D eigenvalue weighted by atomic mass is 32.2. The Kier molecular flexibility index (Phi) is 7.38. The molecule has 0 unspecified atom stereocenters. The first-order chi connectivity index (χ1) is 10.1. The van der Waals surface area contributed by atoms with Crippen LogP contribution >= 0.6 is 11.8 Å². The molecule has 1 heterocycles. The maximum Gasteiger partial charge on any atom is 0.325 e. The number of ether oxygens (including phenoxy) is 2. The number of thioether (sulfide) groups is 1. The van der Waals surface area contributed by atoms with Gasteiger partial charge in [0.1, 0.15) is 0 Å². The first kappa shape index (κ1) is 17.1. The van der Waals surface area contributed by atoms with Crippen LogP contribution in [0.3, 0.4) is 0 Å². The van der Waals surface area contributed by atoms with Gasteiger partial charge in [-0.1, -0.05) is 11.8 Å². The van der Waals surface area contributed by atoms with E-state index in [2.05, 4.69) is 15.0 Å². The number of hydrogen-bond acceptors (Lipinski definition) is 8. The van der Waals surface area contributed by atoms with Crippen molar-refractivity contribution in [3.63, 3.8) is 0 Å². The van der Waals surface area contributed by atoms with E-state index in [1.807, 2.05) is 6.26 Å². The summed E-state index contributed by atoms with van der Waals surface area (Å²) in [6.07, 6.45) is 4.57. The molecule has 0 N–H and O–H groups in total. The third kappa shape index (κ3) is 5.50. The number of aromatic nitrogens is 2. The lowest BCUT2D eigenvalue weighted by Crippen LogP contribution is -2.29. The van der Waals surface area contributed by atoms with Gasteiger partial charge in [0.2, 0.25) is 0 Å². The zero-order valence-electron chi connectivity index (χ0n) is 12.1. The number of carbonyl (C=O) groups excluding carboxylic acids is 2. The third-order valence-corrected chi connectivity index (χ3v) is 2.80. The van der Waals surface area contributed by atoms with Gasteiger partial charge >= 0.3 is 11.9 Å². The van der Waals surface area contributed by atoms with E-state index in [1.165, 1.54) is 18.0 Å². The first-order valence-corrected chi connectivity index (χ1v) is 7.59. The van der Waals surface area contributed by atoms with Crippen molar-refractivity contribution in [3.8, 4) is 0 Å².